The molecule has 0 radical (unpaired) electrons. The van der Waals surface area contributed by atoms with E-state index in [1.807, 2.05) is 51.1 Å². The zero-order valence-electron chi connectivity index (χ0n) is 15.1. The highest BCUT2D eigenvalue weighted by Crippen LogP contribution is 2.23. The number of fused-ring (bicyclic) bond motifs is 1. The molecule has 0 saturated carbocycles. The smallest absolute Gasteiger partial charge is 0.407 e. The van der Waals surface area contributed by atoms with Gasteiger partial charge in [-0.25, -0.2) is 14.8 Å². The minimum Gasteiger partial charge on any atom is -0.476 e. The van der Waals surface area contributed by atoms with Gasteiger partial charge in [-0.1, -0.05) is 18.2 Å². The number of carbonyl (C=O) groups excluding carboxylic acids is 1. The number of para-hydroxylation sites is 1. The first-order chi connectivity index (χ1) is 12.4. The Bertz CT molecular complexity index is 866. The predicted molar refractivity (Wildman–Crippen MR) is 99.1 cm³/mol. The molecule has 2 heterocycles. The SMILES string of the molecule is CC(C)(C)OC(=O)NCCOc1cc(-c2cc3ccccc3[nH]2)ncn1. The number of aromatic nitrogens is 3. The van der Waals surface area contributed by atoms with Crippen molar-refractivity contribution in [1.29, 1.82) is 0 Å². The maximum Gasteiger partial charge on any atom is 0.407 e. The average Bonchev–Trinajstić information content (AvgIpc) is 3.02. The third-order valence-corrected chi connectivity index (χ3v) is 3.47. The molecule has 0 bridgehead atoms. The van der Waals surface area contributed by atoms with E-state index >= 15 is 0 Å². The Balaban J connectivity index is 1.57. The van der Waals surface area contributed by atoms with Crippen LogP contribution in [0.25, 0.3) is 22.3 Å². The van der Waals surface area contributed by atoms with Crippen LogP contribution in [0.4, 0.5) is 4.79 Å². The summed E-state index contributed by atoms with van der Waals surface area (Å²) < 4.78 is 10.7. The van der Waals surface area contributed by atoms with Crippen LogP contribution in [0.5, 0.6) is 5.88 Å². The second-order valence-electron chi connectivity index (χ2n) is 6.79. The molecular formula is C19H22N4O3. The molecule has 2 N–H and O–H groups in total. The molecule has 3 aromatic rings. The van der Waals surface area contributed by atoms with Gasteiger partial charge in [0.2, 0.25) is 5.88 Å². The number of rotatable bonds is 5. The van der Waals surface area contributed by atoms with E-state index in [0.29, 0.717) is 12.4 Å². The number of ether oxygens (including phenoxy) is 2. The molecule has 26 heavy (non-hydrogen) atoms. The van der Waals surface area contributed by atoms with Crippen molar-refractivity contribution in [3.8, 4) is 17.3 Å². The fourth-order valence-corrected chi connectivity index (χ4v) is 2.40. The van der Waals surface area contributed by atoms with Crippen molar-refractivity contribution >= 4 is 17.0 Å². The summed E-state index contributed by atoms with van der Waals surface area (Å²) in [5, 5.41) is 3.75. The lowest BCUT2D eigenvalue weighted by atomic mass is 10.2. The fraction of sp³-hybridized carbons (Fsp3) is 0.316. The number of hydrogen-bond donors (Lipinski definition) is 2. The van der Waals surface area contributed by atoms with E-state index in [-0.39, 0.29) is 6.61 Å². The molecule has 0 aliphatic heterocycles. The van der Waals surface area contributed by atoms with Crippen molar-refractivity contribution < 1.29 is 14.3 Å². The summed E-state index contributed by atoms with van der Waals surface area (Å²) in [5.41, 5.74) is 2.16. The highest BCUT2D eigenvalue weighted by Gasteiger charge is 2.15. The molecule has 0 aliphatic rings. The number of aromatic amines is 1. The monoisotopic (exact) mass is 354 g/mol. The normalized spacial score (nSPS) is 11.3. The molecule has 0 unspecified atom stereocenters. The fourth-order valence-electron chi connectivity index (χ4n) is 2.40. The Kier molecular flexibility index (Phi) is 5.06. The highest BCUT2D eigenvalue weighted by atomic mass is 16.6. The minimum absolute atomic E-state index is 0.280. The molecule has 3 rings (SSSR count). The molecule has 7 heteroatoms. The van der Waals surface area contributed by atoms with Crippen molar-refractivity contribution in [2.75, 3.05) is 13.2 Å². The number of hydrogen-bond acceptors (Lipinski definition) is 5. The minimum atomic E-state index is -0.522. The summed E-state index contributed by atoms with van der Waals surface area (Å²) in [6.45, 7) is 6.05. The lowest BCUT2D eigenvalue weighted by Gasteiger charge is -2.19. The number of alkyl carbamates (subject to hydrolysis) is 1. The Morgan fingerprint density at radius 1 is 1.19 bits per heavy atom. The van der Waals surface area contributed by atoms with Crippen LogP contribution in [0, 0.1) is 0 Å². The molecule has 1 amide bonds. The lowest BCUT2D eigenvalue weighted by Crippen LogP contribution is -2.34. The largest absolute Gasteiger partial charge is 0.476 e. The van der Waals surface area contributed by atoms with E-state index in [4.69, 9.17) is 9.47 Å². The predicted octanol–water partition coefficient (Wildman–Crippen LogP) is 3.53. The summed E-state index contributed by atoms with van der Waals surface area (Å²) in [6, 6.07) is 11.8. The third-order valence-electron chi connectivity index (χ3n) is 3.47. The van der Waals surface area contributed by atoms with Crippen LogP contribution in [0.3, 0.4) is 0 Å². The van der Waals surface area contributed by atoms with Crippen LogP contribution < -0.4 is 10.1 Å². The van der Waals surface area contributed by atoms with Crippen LogP contribution >= 0.6 is 0 Å². The summed E-state index contributed by atoms with van der Waals surface area (Å²) >= 11 is 0. The number of nitrogens with zero attached hydrogens (tertiary/aromatic N) is 2. The quantitative estimate of drug-likeness (QED) is 0.684. The van der Waals surface area contributed by atoms with Crippen molar-refractivity contribution in [1.82, 2.24) is 20.3 Å². The maximum atomic E-state index is 11.6. The molecule has 1 aromatic carbocycles. The van der Waals surface area contributed by atoms with Crippen LogP contribution in [-0.2, 0) is 4.74 Å². The first-order valence-electron chi connectivity index (χ1n) is 8.40. The molecule has 0 spiro atoms. The van der Waals surface area contributed by atoms with Crippen molar-refractivity contribution in [2.45, 2.75) is 26.4 Å². The first-order valence-corrected chi connectivity index (χ1v) is 8.40. The number of H-pyrrole nitrogens is 1. The number of amides is 1. The lowest BCUT2D eigenvalue weighted by molar-refractivity contribution is 0.0520. The van der Waals surface area contributed by atoms with Gasteiger partial charge in [-0.2, -0.15) is 0 Å². The summed E-state index contributed by atoms with van der Waals surface area (Å²) in [6.07, 6.45) is 0.986. The summed E-state index contributed by atoms with van der Waals surface area (Å²) in [4.78, 5) is 23.3. The second-order valence-corrected chi connectivity index (χ2v) is 6.79. The average molecular weight is 354 g/mol. The zero-order valence-corrected chi connectivity index (χ0v) is 15.1. The van der Waals surface area contributed by atoms with Gasteiger partial charge < -0.3 is 19.8 Å². The van der Waals surface area contributed by atoms with Gasteiger partial charge in [0.05, 0.1) is 17.9 Å². The molecule has 0 saturated heterocycles. The van der Waals surface area contributed by atoms with Gasteiger partial charge >= 0.3 is 6.09 Å². The number of carbonyl (C=O) groups is 1. The molecular weight excluding hydrogens is 332 g/mol. The topological polar surface area (TPSA) is 89.1 Å². The van der Waals surface area contributed by atoms with Gasteiger partial charge in [0.1, 0.15) is 18.5 Å². The Hall–Kier alpha value is -3.09. The highest BCUT2D eigenvalue weighted by molar-refractivity contribution is 5.85. The molecule has 0 atom stereocenters. The third kappa shape index (κ3) is 4.72. The van der Waals surface area contributed by atoms with Gasteiger partial charge in [-0.3, -0.25) is 0 Å². The summed E-state index contributed by atoms with van der Waals surface area (Å²) in [5.74, 6) is 0.444. The van der Waals surface area contributed by atoms with E-state index in [1.54, 1.807) is 6.07 Å². The van der Waals surface area contributed by atoms with Crippen LogP contribution in [-0.4, -0.2) is 39.8 Å². The van der Waals surface area contributed by atoms with Gasteiger partial charge in [0, 0.05) is 17.0 Å². The standard InChI is InChI=1S/C19H22N4O3/c1-19(2,3)26-18(24)20-8-9-25-17-11-15(21-12-22-17)16-10-13-6-4-5-7-14(13)23-16/h4-7,10-12,23H,8-9H2,1-3H3,(H,20,24). The van der Waals surface area contributed by atoms with Crippen LogP contribution in [0.1, 0.15) is 20.8 Å². The Morgan fingerprint density at radius 2 is 2.00 bits per heavy atom. The number of benzene rings is 1. The van der Waals surface area contributed by atoms with E-state index in [2.05, 4.69) is 20.3 Å². The van der Waals surface area contributed by atoms with Crippen molar-refractivity contribution in [3.05, 3.63) is 42.7 Å². The van der Waals surface area contributed by atoms with Gasteiger partial charge in [0.15, 0.2) is 0 Å². The molecule has 7 nitrogen and oxygen atoms in total. The van der Waals surface area contributed by atoms with Crippen molar-refractivity contribution in [3.63, 3.8) is 0 Å². The molecule has 136 valence electrons. The Morgan fingerprint density at radius 3 is 2.77 bits per heavy atom. The molecule has 0 fully saturated rings. The number of nitrogens with one attached hydrogen (secondary N) is 2. The van der Waals surface area contributed by atoms with E-state index in [1.165, 1.54) is 6.33 Å². The van der Waals surface area contributed by atoms with Crippen LogP contribution in [0.15, 0.2) is 42.7 Å². The second kappa shape index (κ2) is 7.43. The van der Waals surface area contributed by atoms with Gasteiger partial charge in [-0.05, 0) is 32.9 Å². The maximum absolute atomic E-state index is 11.6. The van der Waals surface area contributed by atoms with E-state index < -0.39 is 11.7 Å². The van der Waals surface area contributed by atoms with E-state index in [0.717, 1.165) is 22.3 Å². The molecule has 2 aromatic heterocycles. The zero-order chi connectivity index (χ0) is 18.6. The first kappa shape index (κ1) is 17.7. The van der Waals surface area contributed by atoms with E-state index in [9.17, 15) is 4.79 Å². The van der Waals surface area contributed by atoms with Crippen LogP contribution in [0.2, 0.25) is 0 Å². The molecule has 0 aliphatic carbocycles. The Labute approximate surface area is 151 Å². The van der Waals surface area contributed by atoms with Crippen molar-refractivity contribution in [2.24, 2.45) is 0 Å². The summed E-state index contributed by atoms with van der Waals surface area (Å²) in [7, 11) is 0. The van der Waals surface area contributed by atoms with Gasteiger partial charge in [0.25, 0.3) is 0 Å². The van der Waals surface area contributed by atoms with Gasteiger partial charge in [-0.15, -0.1) is 0 Å².